The van der Waals surface area contributed by atoms with E-state index in [0.717, 1.165) is 55.2 Å². The van der Waals surface area contributed by atoms with E-state index >= 15 is 0 Å². The Hall–Kier alpha value is -2.31. The van der Waals surface area contributed by atoms with Crippen LogP contribution in [0, 0.1) is 17.8 Å². The van der Waals surface area contributed by atoms with Gasteiger partial charge in [-0.3, -0.25) is 9.69 Å². The van der Waals surface area contributed by atoms with Gasteiger partial charge in [0.05, 0.1) is 12.1 Å². The molecule has 0 saturated heterocycles. The maximum Gasteiger partial charge on any atom is 0.313 e. The second-order valence-electron chi connectivity index (χ2n) is 13.1. The number of hydrogen-bond acceptors (Lipinski definition) is 8. The van der Waals surface area contributed by atoms with Gasteiger partial charge >= 0.3 is 6.03 Å². The van der Waals surface area contributed by atoms with E-state index in [1.807, 2.05) is 19.1 Å². The van der Waals surface area contributed by atoms with E-state index in [4.69, 9.17) is 21.1 Å². The van der Waals surface area contributed by atoms with Crippen LogP contribution in [0.5, 0.6) is 0 Å². The van der Waals surface area contributed by atoms with Crippen molar-refractivity contribution in [3.05, 3.63) is 70.0 Å². The molecule has 2 fully saturated rings. The molecule has 2 heterocycles. The predicted molar refractivity (Wildman–Crippen MR) is 182 cm³/mol. The molecule has 0 aromatic heterocycles. The number of urea groups is 1. The van der Waals surface area contributed by atoms with Crippen molar-refractivity contribution in [1.29, 1.82) is 0 Å². The lowest BCUT2D eigenvalue weighted by Gasteiger charge is -2.45. The van der Waals surface area contributed by atoms with Crippen LogP contribution in [0.2, 0.25) is 5.02 Å². The number of ether oxygens (including phenoxy) is 2. The fourth-order valence-electron chi connectivity index (χ4n) is 6.81. The van der Waals surface area contributed by atoms with Crippen LogP contribution in [-0.2, 0) is 42.0 Å². The molecule has 6 atom stereocenters. The maximum absolute atomic E-state index is 13.7. The Morgan fingerprint density at radius 2 is 2.02 bits per heavy atom. The van der Waals surface area contributed by atoms with Crippen molar-refractivity contribution in [2.75, 3.05) is 25.3 Å². The highest BCUT2D eigenvalue weighted by Crippen LogP contribution is 2.41. The third-order valence-corrected chi connectivity index (χ3v) is 12.2. The normalized spacial score (nSPS) is 32.0. The quantitative estimate of drug-likeness (QED) is 0.293. The van der Waals surface area contributed by atoms with Crippen LogP contribution in [0.15, 0.2) is 58.2 Å². The van der Waals surface area contributed by atoms with Crippen molar-refractivity contribution in [2.24, 2.45) is 22.1 Å². The third-order valence-electron chi connectivity index (χ3n) is 9.84. The van der Waals surface area contributed by atoms with Gasteiger partial charge < -0.3 is 28.7 Å². The first-order valence-electron chi connectivity index (χ1n) is 16.3. The van der Waals surface area contributed by atoms with Crippen molar-refractivity contribution >= 4 is 45.9 Å². The lowest BCUT2D eigenvalue weighted by molar-refractivity contribution is -0.114. The molecular weight excluding hydrogens is 644 g/mol. The first kappa shape index (κ1) is 33.6. The van der Waals surface area contributed by atoms with Gasteiger partial charge in [-0.05, 0) is 91.0 Å². The highest BCUT2D eigenvalue weighted by molar-refractivity contribution is 7.99. The molecule has 250 valence electrons. The molecule has 1 aromatic rings. The van der Waals surface area contributed by atoms with Crippen LogP contribution in [-0.4, -0.2) is 65.7 Å². The molecule has 2 N–H and O–H groups in total. The Kier molecular flexibility index (Phi) is 11.2. The first-order chi connectivity index (χ1) is 22.3. The zero-order valence-electron chi connectivity index (χ0n) is 26.5. The van der Waals surface area contributed by atoms with Crippen LogP contribution in [0.1, 0.15) is 56.6 Å². The molecule has 3 amide bonds. The third kappa shape index (κ3) is 8.21. The number of halogens is 1. The number of nitrogens with zero attached hydrogens (tertiary/aromatic N) is 2. The minimum Gasteiger partial charge on any atom is -0.486 e. The van der Waals surface area contributed by atoms with Gasteiger partial charge in [-0.25, -0.2) is 4.79 Å². The molecule has 0 spiro atoms. The number of thioether (sulfide) groups is 1. The second kappa shape index (κ2) is 15.3. The first-order valence-corrected chi connectivity index (χ1v) is 19.0. The number of fused-ring (bicyclic) bond motifs is 3. The largest absolute Gasteiger partial charge is 0.486 e. The average Bonchev–Trinajstić information content (AvgIpc) is 3.84. The molecule has 2 saturated carbocycles. The minimum atomic E-state index is -1.99. The predicted octanol–water partition coefficient (Wildman–Crippen LogP) is 6.09. The molecule has 46 heavy (non-hydrogen) atoms. The van der Waals surface area contributed by atoms with Crippen molar-refractivity contribution in [3.8, 4) is 0 Å². The zero-order valence-corrected chi connectivity index (χ0v) is 28.9. The number of hydrogen-bond donors (Lipinski definition) is 2. The number of rotatable bonds is 3. The summed E-state index contributed by atoms with van der Waals surface area (Å²) >= 11 is 8.17. The number of benzene rings is 1. The molecule has 9 nitrogen and oxygen atoms in total. The zero-order chi connectivity index (χ0) is 32.2. The second-order valence-corrected chi connectivity index (χ2v) is 15.8. The van der Waals surface area contributed by atoms with E-state index in [1.54, 1.807) is 24.9 Å². The lowest BCUT2D eigenvalue weighted by Crippen LogP contribution is -2.48. The minimum absolute atomic E-state index is 0.0558. The number of allylic oxidation sites excluding steroid dienone is 3. The van der Waals surface area contributed by atoms with Crippen LogP contribution >= 0.6 is 23.4 Å². The standard InChI is InChI=1S/C34H44ClN4O5S2/c1-21-4-3-5-30(43-2)28-12-7-25(28)19-39-18-24-6-9-26(35)16-22(24)14-15-45-20-44-31-13-8-23(17-29(31)39)32(40)38-46(42)33(21)37-34(41)36-27-10-11-27/h3,5-6,8-9,13,16,21,25,27-30,33H,4,7,10-12,14-15,17-20H2,1-2H3,(H2,36,37,41)/q-1/b5-3+/t21-,25-,28+,29?,30-,33?/m0/s1. The summed E-state index contributed by atoms with van der Waals surface area (Å²) in [7, 11) is -0.228. The Morgan fingerprint density at radius 3 is 2.78 bits per heavy atom. The SMILES string of the molecule is CO[C@H]1/C=C/C[C@H](C)C(NC(=O)NC2CC2)[S-](=O)=NC(=O)C2=CC=C3OCSCCc4cc(Cl)ccc4CN(C[C@@H]4CC[C@H]41)C3C2. The summed E-state index contributed by atoms with van der Waals surface area (Å²) in [5, 5.41) is 5.67. The van der Waals surface area contributed by atoms with Crippen molar-refractivity contribution < 1.29 is 23.3 Å². The van der Waals surface area contributed by atoms with E-state index in [-0.39, 0.29) is 30.1 Å². The Labute approximate surface area is 283 Å². The van der Waals surface area contributed by atoms with E-state index in [2.05, 4.69) is 44.2 Å². The number of nitrogens with one attached hydrogen (secondary N) is 2. The van der Waals surface area contributed by atoms with Crippen LogP contribution in [0.4, 0.5) is 4.79 Å². The van der Waals surface area contributed by atoms with Crippen molar-refractivity contribution in [2.45, 2.75) is 82.0 Å². The summed E-state index contributed by atoms with van der Waals surface area (Å²) < 4.78 is 30.2. The average molecular weight is 688 g/mol. The molecule has 2 bridgehead atoms. The van der Waals surface area contributed by atoms with Crippen molar-refractivity contribution in [1.82, 2.24) is 15.5 Å². The molecule has 0 radical (unpaired) electrons. The summed E-state index contributed by atoms with van der Waals surface area (Å²) in [6, 6.07) is 5.72. The number of amides is 3. The number of aryl methyl sites for hydroxylation is 1. The van der Waals surface area contributed by atoms with Gasteiger partial charge in [-0.15, -0.1) is 11.8 Å². The summed E-state index contributed by atoms with van der Waals surface area (Å²) in [5.41, 5.74) is 2.93. The van der Waals surface area contributed by atoms with Gasteiger partial charge in [-0.2, -0.15) is 10.6 Å². The maximum atomic E-state index is 13.7. The molecule has 3 aliphatic carbocycles. The van der Waals surface area contributed by atoms with Crippen molar-refractivity contribution in [3.63, 3.8) is 0 Å². The van der Waals surface area contributed by atoms with E-state index in [0.29, 0.717) is 42.7 Å². The highest BCUT2D eigenvalue weighted by atomic mass is 35.5. The van der Waals surface area contributed by atoms with Crippen LogP contribution in [0.3, 0.4) is 0 Å². The Balaban J connectivity index is 1.36. The van der Waals surface area contributed by atoms with E-state index < -0.39 is 21.9 Å². The van der Waals surface area contributed by atoms with Gasteiger partial charge in [-0.1, -0.05) is 42.8 Å². The fraction of sp³-hybridized carbons (Fsp3) is 0.588. The van der Waals surface area contributed by atoms with Gasteiger partial charge in [0, 0.05) is 49.0 Å². The molecule has 1 aromatic carbocycles. The van der Waals surface area contributed by atoms with Crippen LogP contribution in [0.25, 0.3) is 0 Å². The summed E-state index contributed by atoms with van der Waals surface area (Å²) in [4.78, 5) is 28.8. The van der Waals surface area contributed by atoms with Gasteiger partial charge in [0.2, 0.25) is 5.91 Å². The number of carbonyl (C=O) groups excluding carboxylic acids is 2. The topological polar surface area (TPSA) is 109 Å². The Morgan fingerprint density at radius 1 is 1.17 bits per heavy atom. The smallest absolute Gasteiger partial charge is 0.313 e. The van der Waals surface area contributed by atoms with Crippen LogP contribution < -0.4 is 10.6 Å². The molecule has 2 unspecified atom stereocenters. The Bertz CT molecular complexity index is 1490. The summed E-state index contributed by atoms with van der Waals surface area (Å²) in [5.74, 6) is 2.24. The number of carbonyl (C=O) groups is 2. The molecular formula is C34H44ClN4O5S2-. The molecule has 6 rings (SSSR count). The van der Waals surface area contributed by atoms with E-state index in [1.165, 1.54) is 11.1 Å². The lowest BCUT2D eigenvalue weighted by atomic mass is 9.70. The number of methoxy groups -OCH3 is 1. The van der Waals surface area contributed by atoms with Gasteiger partial charge in [0.15, 0.2) is 0 Å². The van der Waals surface area contributed by atoms with E-state index in [9.17, 15) is 13.8 Å². The molecule has 2 aliphatic heterocycles. The fourth-order valence-corrected chi connectivity index (χ4v) is 8.82. The highest BCUT2D eigenvalue weighted by Gasteiger charge is 2.40. The summed E-state index contributed by atoms with van der Waals surface area (Å²) in [6.45, 7) is 3.43. The summed E-state index contributed by atoms with van der Waals surface area (Å²) in [6.07, 6.45) is 13.6. The van der Waals surface area contributed by atoms with Gasteiger partial charge in [0.25, 0.3) is 0 Å². The van der Waals surface area contributed by atoms with Gasteiger partial charge in [0.1, 0.15) is 11.7 Å². The molecule has 12 heteroatoms. The molecule has 5 aliphatic rings. The monoisotopic (exact) mass is 687 g/mol.